The second-order valence-corrected chi connectivity index (χ2v) is 6.43. The summed E-state index contributed by atoms with van der Waals surface area (Å²) in [5.74, 6) is -2.03. The maximum atomic E-state index is 13.9. The molecule has 0 N–H and O–H groups in total. The molecule has 0 atom stereocenters. The third-order valence-corrected chi connectivity index (χ3v) is 4.49. The summed E-state index contributed by atoms with van der Waals surface area (Å²) < 4.78 is 27.2. The number of aryl methyl sites for hydroxylation is 1. The first-order valence-electron chi connectivity index (χ1n) is 8.56. The van der Waals surface area contributed by atoms with Gasteiger partial charge in [-0.2, -0.15) is 0 Å². The van der Waals surface area contributed by atoms with E-state index >= 15 is 0 Å². The molecule has 0 unspecified atom stereocenters. The van der Waals surface area contributed by atoms with Gasteiger partial charge < -0.3 is 9.80 Å². The second-order valence-electron chi connectivity index (χ2n) is 6.43. The summed E-state index contributed by atoms with van der Waals surface area (Å²) in [6.07, 6.45) is 0.584. The average molecular weight is 358 g/mol. The van der Waals surface area contributed by atoms with Crippen molar-refractivity contribution >= 4 is 11.8 Å². The molecule has 1 fully saturated rings. The fourth-order valence-electron chi connectivity index (χ4n) is 3.12. The third-order valence-electron chi connectivity index (χ3n) is 4.49. The first kappa shape index (κ1) is 18.0. The monoisotopic (exact) mass is 358 g/mol. The fraction of sp³-hybridized carbons (Fsp3) is 0.300. The molecular formula is C20H20F2N2O2. The lowest BCUT2D eigenvalue weighted by Crippen LogP contribution is -2.37. The molecule has 0 bridgehead atoms. The van der Waals surface area contributed by atoms with Gasteiger partial charge in [-0.15, -0.1) is 0 Å². The van der Waals surface area contributed by atoms with E-state index in [0.29, 0.717) is 31.6 Å². The topological polar surface area (TPSA) is 40.6 Å². The van der Waals surface area contributed by atoms with Gasteiger partial charge in [0.1, 0.15) is 11.6 Å². The van der Waals surface area contributed by atoms with Gasteiger partial charge in [0.05, 0.1) is 5.56 Å². The van der Waals surface area contributed by atoms with E-state index in [1.807, 2.05) is 25.1 Å². The van der Waals surface area contributed by atoms with E-state index in [0.717, 1.165) is 23.8 Å². The van der Waals surface area contributed by atoms with Crippen molar-refractivity contribution in [1.82, 2.24) is 9.80 Å². The molecule has 136 valence electrons. The van der Waals surface area contributed by atoms with Gasteiger partial charge in [-0.3, -0.25) is 9.59 Å². The average Bonchev–Trinajstić information content (AvgIpc) is 2.88. The minimum Gasteiger partial charge on any atom is -0.337 e. The van der Waals surface area contributed by atoms with E-state index in [1.165, 1.54) is 4.90 Å². The van der Waals surface area contributed by atoms with Crippen LogP contribution in [-0.4, -0.2) is 47.8 Å². The molecule has 1 aliphatic rings. The molecule has 2 aromatic carbocycles. The highest BCUT2D eigenvalue weighted by Crippen LogP contribution is 2.16. The molecule has 4 nitrogen and oxygen atoms in total. The molecule has 0 spiro atoms. The van der Waals surface area contributed by atoms with Crippen molar-refractivity contribution < 1.29 is 18.4 Å². The quantitative estimate of drug-likeness (QED) is 0.827. The fourth-order valence-corrected chi connectivity index (χ4v) is 3.12. The van der Waals surface area contributed by atoms with Crippen LogP contribution < -0.4 is 0 Å². The molecule has 0 saturated carbocycles. The third kappa shape index (κ3) is 3.90. The van der Waals surface area contributed by atoms with Crippen LogP contribution in [0.2, 0.25) is 0 Å². The summed E-state index contributed by atoms with van der Waals surface area (Å²) in [6.45, 7) is 3.48. The largest absolute Gasteiger partial charge is 0.337 e. The zero-order valence-electron chi connectivity index (χ0n) is 14.5. The van der Waals surface area contributed by atoms with E-state index in [-0.39, 0.29) is 18.0 Å². The molecule has 0 radical (unpaired) electrons. The predicted octanol–water partition coefficient (Wildman–Crippen LogP) is 3.26. The highest BCUT2D eigenvalue weighted by Gasteiger charge is 2.25. The van der Waals surface area contributed by atoms with Crippen molar-refractivity contribution in [2.45, 2.75) is 13.3 Å². The molecule has 0 aliphatic carbocycles. The van der Waals surface area contributed by atoms with Crippen molar-refractivity contribution in [2.24, 2.45) is 0 Å². The van der Waals surface area contributed by atoms with Crippen LogP contribution in [0, 0.1) is 18.6 Å². The Morgan fingerprint density at radius 3 is 2.27 bits per heavy atom. The molecule has 1 saturated heterocycles. The van der Waals surface area contributed by atoms with Gasteiger partial charge in [0.25, 0.3) is 11.8 Å². The van der Waals surface area contributed by atoms with Gasteiger partial charge in [-0.1, -0.05) is 17.7 Å². The van der Waals surface area contributed by atoms with E-state index < -0.39 is 17.5 Å². The number of rotatable bonds is 2. The summed E-state index contributed by atoms with van der Waals surface area (Å²) in [6, 6.07) is 10.2. The number of hydrogen-bond donors (Lipinski definition) is 0. The number of benzene rings is 2. The van der Waals surface area contributed by atoms with Crippen LogP contribution in [0.3, 0.4) is 0 Å². The maximum Gasteiger partial charge on any atom is 0.256 e. The van der Waals surface area contributed by atoms with E-state index in [9.17, 15) is 18.4 Å². The Kier molecular flexibility index (Phi) is 5.30. The highest BCUT2D eigenvalue weighted by molar-refractivity contribution is 5.95. The number of carbonyl (C=O) groups excluding carboxylic acids is 2. The lowest BCUT2D eigenvalue weighted by atomic mass is 10.1. The summed E-state index contributed by atoms with van der Waals surface area (Å²) >= 11 is 0. The Morgan fingerprint density at radius 2 is 1.58 bits per heavy atom. The number of halogens is 2. The SMILES string of the molecule is Cc1cccc(C(=O)N2CCCN(C(=O)c3cc(F)ccc3F)CC2)c1. The molecule has 3 rings (SSSR count). The normalized spacial score (nSPS) is 14.9. The van der Waals surface area contributed by atoms with Crippen molar-refractivity contribution in [3.8, 4) is 0 Å². The molecule has 0 aromatic heterocycles. The first-order valence-corrected chi connectivity index (χ1v) is 8.56. The van der Waals surface area contributed by atoms with Crippen molar-refractivity contribution in [1.29, 1.82) is 0 Å². The second kappa shape index (κ2) is 7.64. The smallest absolute Gasteiger partial charge is 0.256 e. The lowest BCUT2D eigenvalue weighted by molar-refractivity contribution is 0.0716. The Balaban J connectivity index is 1.71. The predicted molar refractivity (Wildman–Crippen MR) is 94.0 cm³/mol. The summed E-state index contributed by atoms with van der Waals surface area (Å²) in [4.78, 5) is 28.4. The molecule has 2 amide bonds. The highest BCUT2D eigenvalue weighted by atomic mass is 19.1. The zero-order chi connectivity index (χ0) is 18.7. The van der Waals surface area contributed by atoms with Crippen molar-refractivity contribution in [2.75, 3.05) is 26.2 Å². The number of hydrogen-bond acceptors (Lipinski definition) is 2. The van der Waals surface area contributed by atoms with Crippen LogP contribution in [0.1, 0.15) is 32.7 Å². The van der Waals surface area contributed by atoms with E-state index in [1.54, 1.807) is 11.0 Å². The first-order chi connectivity index (χ1) is 12.5. The van der Waals surface area contributed by atoms with Gasteiger partial charge in [0.15, 0.2) is 0 Å². The minimum atomic E-state index is -0.742. The van der Waals surface area contributed by atoms with Gasteiger partial charge in [0, 0.05) is 31.7 Å². The Labute approximate surface area is 151 Å². The summed E-state index contributed by atoms with van der Waals surface area (Å²) in [5, 5.41) is 0. The Morgan fingerprint density at radius 1 is 0.885 bits per heavy atom. The zero-order valence-corrected chi connectivity index (χ0v) is 14.5. The van der Waals surface area contributed by atoms with Crippen molar-refractivity contribution in [3.05, 3.63) is 70.8 Å². The molecular weight excluding hydrogens is 338 g/mol. The van der Waals surface area contributed by atoms with Gasteiger partial charge >= 0.3 is 0 Å². The minimum absolute atomic E-state index is 0.0834. The van der Waals surface area contributed by atoms with Gasteiger partial charge in [-0.05, 0) is 43.7 Å². The van der Waals surface area contributed by atoms with Gasteiger partial charge in [-0.25, -0.2) is 8.78 Å². The van der Waals surface area contributed by atoms with Crippen LogP contribution in [0.4, 0.5) is 8.78 Å². The summed E-state index contributed by atoms with van der Waals surface area (Å²) in [7, 11) is 0. The molecule has 26 heavy (non-hydrogen) atoms. The Hall–Kier alpha value is -2.76. The number of carbonyl (C=O) groups is 2. The molecule has 6 heteroatoms. The standard InChI is InChI=1S/C20H20F2N2O2/c1-14-4-2-5-15(12-14)19(25)23-8-3-9-24(11-10-23)20(26)17-13-16(21)6-7-18(17)22/h2,4-7,12-13H,3,8-11H2,1H3. The van der Waals surface area contributed by atoms with Crippen LogP contribution in [0.25, 0.3) is 0 Å². The van der Waals surface area contributed by atoms with Crippen molar-refractivity contribution in [3.63, 3.8) is 0 Å². The number of amides is 2. The van der Waals surface area contributed by atoms with Crippen LogP contribution in [-0.2, 0) is 0 Å². The molecule has 1 aliphatic heterocycles. The van der Waals surface area contributed by atoms with E-state index in [4.69, 9.17) is 0 Å². The molecule has 2 aromatic rings. The van der Waals surface area contributed by atoms with E-state index in [2.05, 4.69) is 0 Å². The van der Waals surface area contributed by atoms with Crippen LogP contribution in [0.15, 0.2) is 42.5 Å². The summed E-state index contributed by atoms with van der Waals surface area (Å²) in [5.41, 5.74) is 1.34. The molecule has 1 heterocycles. The van der Waals surface area contributed by atoms with Gasteiger partial charge in [0.2, 0.25) is 0 Å². The Bertz CT molecular complexity index is 838. The van der Waals surface area contributed by atoms with Crippen LogP contribution >= 0.6 is 0 Å². The van der Waals surface area contributed by atoms with Crippen LogP contribution in [0.5, 0.6) is 0 Å². The maximum absolute atomic E-state index is 13.9. The number of nitrogens with zero attached hydrogens (tertiary/aromatic N) is 2. The lowest BCUT2D eigenvalue weighted by Gasteiger charge is -2.22.